The second-order valence-electron chi connectivity index (χ2n) is 6.08. The summed E-state index contributed by atoms with van der Waals surface area (Å²) >= 11 is 3.50. The van der Waals surface area contributed by atoms with Gasteiger partial charge in [0.15, 0.2) is 0 Å². The Morgan fingerprint density at radius 2 is 2.32 bits per heavy atom. The summed E-state index contributed by atoms with van der Waals surface area (Å²) in [5.41, 5.74) is 0.736. The molecule has 0 aliphatic heterocycles. The molecule has 2 N–H and O–H groups in total. The maximum Gasteiger partial charge on any atom is 0.0774 e. The lowest BCUT2D eigenvalue weighted by Crippen LogP contribution is -2.44. The third-order valence-corrected chi connectivity index (χ3v) is 4.65. The van der Waals surface area contributed by atoms with Gasteiger partial charge in [-0.2, -0.15) is 0 Å². The van der Waals surface area contributed by atoms with Crippen LogP contribution in [0, 0.1) is 5.92 Å². The van der Waals surface area contributed by atoms with Crippen molar-refractivity contribution < 1.29 is 5.11 Å². The molecule has 1 aromatic carbocycles. The molecular formula is C16H24BrNO. The number of nitrogens with one attached hydrogen (secondary N) is 1. The summed E-state index contributed by atoms with van der Waals surface area (Å²) in [6.45, 7) is 5.07. The van der Waals surface area contributed by atoms with Crippen molar-refractivity contribution in [3.05, 3.63) is 34.3 Å². The first-order valence-electron chi connectivity index (χ1n) is 7.20. The standard InChI is InChI=1S/C16H24BrNO/c1-12-5-4-8-16(19,10-12)11-18-13(2)14-6-3-7-15(17)9-14/h3,6-7,9,12-13,18-19H,4-5,8,10-11H2,1-2H3. The van der Waals surface area contributed by atoms with E-state index in [1.807, 2.05) is 6.07 Å². The Morgan fingerprint density at radius 1 is 1.53 bits per heavy atom. The van der Waals surface area contributed by atoms with Crippen LogP contribution in [0.4, 0.5) is 0 Å². The van der Waals surface area contributed by atoms with Crippen molar-refractivity contribution in [2.24, 2.45) is 5.92 Å². The number of aliphatic hydroxyl groups is 1. The van der Waals surface area contributed by atoms with Gasteiger partial charge in [0, 0.05) is 17.1 Å². The van der Waals surface area contributed by atoms with Crippen LogP contribution >= 0.6 is 15.9 Å². The zero-order valence-electron chi connectivity index (χ0n) is 11.8. The molecule has 1 aliphatic carbocycles. The van der Waals surface area contributed by atoms with Gasteiger partial charge in [0.2, 0.25) is 0 Å². The lowest BCUT2D eigenvalue weighted by atomic mass is 9.79. The molecular weight excluding hydrogens is 302 g/mol. The van der Waals surface area contributed by atoms with Crippen LogP contribution < -0.4 is 5.32 Å². The van der Waals surface area contributed by atoms with Crippen LogP contribution in [-0.2, 0) is 0 Å². The fourth-order valence-electron chi connectivity index (χ4n) is 3.03. The van der Waals surface area contributed by atoms with E-state index < -0.39 is 5.60 Å². The van der Waals surface area contributed by atoms with Crippen molar-refractivity contribution in [1.29, 1.82) is 0 Å². The predicted molar refractivity (Wildman–Crippen MR) is 83.1 cm³/mol. The molecule has 3 heteroatoms. The molecule has 0 bridgehead atoms. The number of halogens is 1. The zero-order valence-corrected chi connectivity index (χ0v) is 13.4. The van der Waals surface area contributed by atoms with Crippen molar-refractivity contribution in [3.63, 3.8) is 0 Å². The van der Waals surface area contributed by atoms with Gasteiger partial charge in [0.1, 0.15) is 0 Å². The SMILES string of the molecule is CC1CCCC(O)(CNC(C)c2cccc(Br)c2)C1. The van der Waals surface area contributed by atoms with Crippen molar-refractivity contribution in [2.45, 2.75) is 51.2 Å². The van der Waals surface area contributed by atoms with Gasteiger partial charge in [-0.25, -0.2) is 0 Å². The lowest BCUT2D eigenvalue weighted by molar-refractivity contribution is -0.0134. The number of hydrogen-bond donors (Lipinski definition) is 2. The van der Waals surface area contributed by atoms with Crippen molar-refractivity contribution in [1.82, 2.24) is 5.32 Å². The smallest absolute Gasteiger partial charge is 0.0774 e. The van der Waals surface area contributed by atoms with Crippen molar-refractivity contribution in [3.8, 4) is 0 Å². The summed E-state index contributed by atoms with van der Waals surface area (Å²) < 4.78 is 1.10. The van der Waals surface area contributed by atoms with E-state index in [9.17, 15) is 5.11 Å². The Kier molecular flexibility index (Phi) is 5.04. The van der Waals surface area contributed by atoms with Crippen LogP contribution in [0.25, 0.3) is 0 Å². The van der Waals surface area contributed by atoms with E-state index in [2.05, 4.69) is 53.3 Å². The molecule has 0 saturated heterocycles. The van der Waals surface area contributed by atoms with Crippen LogP contribution in [0.2, 0.25) is 0 Å². The predicted octanol–water partition coefficient (Wildman–Crippen LogP) is 4.04. The Hall–Kier alpha value is -0.380. The van der Waals surface area contributed by atoms with Gasteiger partial charge in [-0.3, -0.25) is 0 Å². The topological polar surface area (TPSA) is 32.3 Å². The van der Waals surface area contributed by atoms with E-state index in [-0.39, 0.29) is 6.04 Å². The van der Waals surface area contributed by atoms with E-state index >= 15 is 0 Å². The fourth-order valence-corrected chi connectivity index (χ4v) is 3.45. The van der Waals surface area contributed by atoms with Crippen molar-refractivity contribution in [2.75, 3.05) is 6.54 Å². The second-order valence-corrected chi connectivity index (χ2v) is 7.00. The van der Waals surface area contributed by atoms with Gasteiger partial charge in [0.25, 0.3) is 0 Å². The first kappa shape index (κ1) is 15.0. The maximum atomic E-state index is 10.6. The zero-order chi connectivity index (χ0) is 13.9. The Balaban J connectivity index is 1.91. The van der Waals surface area contributed by atoms with Gasteiger partial charge >= 0.3 is 0 Å². The minimum Gasteiger partial charge on any atom is -0.389 e. The van der Waals surface area contributed by atoms with Gasteiger partial charge in [0.05, 0.1) is 5.60 Å². The van der Waals surface area contributed by atoms with E-state index in [1.54, 1.807) is 0 Å². The Morgan fingerprint density at radius 3 is 3.00 bits per heavy atom. The lowest BCUT2D eigenvalue weighted by Gasteiger charge is -2.36. The molecule has 0 amide bonds. The van der Waals surface area contributed by atoms with E-state index in [4.69, 9.17) is 0 Å². The molecule has 3 unspecified atom stereocenters. The third kappa shape index (κ3) is 4.30. The molecule has 2 nitrogen and oxygen atoms in total. The normalized spacial score (nSPS) is 29.2. The van der Waals surface area contributed by atoms with Crippen LogP contribution in [0.15, 0.2) is 28.7 Å². The molecule has 0 aromatic heterocycles. The van der Waals surface area contributed by atoms with Gasteiger partial charge < -0.3 is 10.4 Å². The highest BCUT2D eigenvalue weighted by Crippen LogP contribution is 2.32. The van der Waals surface area contributed by atoms with Crippen LogP contribution in [-0.4, -0.2) is 17.3 Å². The highest BCUT2D eigenvalue weighted by atomic mass is 79.9. The summed E-state index contributed by atoms with van der Waals surface area (Å²) in [6.07, 6.45) is 4.24. The van der Waals surface area contributed by atoms with E-state index in [0.717, 1.165) is 23.7 Å². The van der Waals surface area contributed by atoms with Crippen LogP contribution in [0.5, 0.6) is 0 Å². The minimum absolute atomic E-state index is 0.263. The Labute approximate surface area is 124 Å². The number of benzene rings is 1. The van der Waals surface area contributed by atoms with E-state index in [0.29, 0.717) is 12.5 Å². The molecule has 1 fully saturated rings. The fraction of sp³-hybridized carbons (Fsp3) is 0.625. The largest absolute Gasteiger partial charge is 0.389 e. The second kappa shape index (κ2) is 6.38. The Bertz CT molecular complexity index is 423. The molecule has 1 aliphatic rings. The summed E-state index contributed by atoms with van der Waals surface area (Å²) in [7, 11) is 0. The maximum absolute atomic E-state index is 10.6. The van der Waals surface area contributed by atoms with E-state index in [1.165, 1.54) is 12.0 Å². The molecule has 0 spiro atoms. The highest BCUT2D eigenvalue weighted by molar-refractivity contribution is 9.10. The molecule has 3 atom stereocenters. The molecule has 2 rings (SSSR count). The highest BCUT2D eigenvalue weighted by Gasteiger charge is 2.32. The van der Waals surface area contributed by atoms with Gasteiger partial charge in [-0.05, 0) is 43.4 Å². The molecule has 0 radical (unpaired) electrons. The molecule has 0 heterocycles. The minimum atomic E-state index is -0.516. The van der Waals surface area contributed by atoms with Crippen LogP contribution in [0.3, 0.4) is 0 Å². The summed E-state index contributed by atoms with van der Waals surface area (Å²) in [4.78, 5) is 0. The summed E-state index contributed by atoms with van der Waals surface area (Å²) in [5.74, 6) is 0.640. The number of hydrogen-bond acceptors (Lipinski definition) is 2. The first-order valence-corrected chi connectivity index (χ1v) is 7.99. The first-order chi connectivity index (χ1) is 8.98. The molecule has 19 heavy (non-hydrogen) atoms. The molecule has 106 valence electrons. The number of rotatable bonds is 4. The third-order valence-electron chi connectivity index (χ3n) is 4.15. The average Bonchev–Trinajstić information content (AvgIpc) is 2.36. The summed E-state index contributed by atoms with van der Waals surface area (Å²) in [6, 6.07) is 8.60. The van der Waals surface area contributed by atoms with Crippen molar-refractivity contribution >= 4 is 15.9 Å². The van der Waals surface area contributed by atoms with Gasteiger partial charge in [-0.15, -0.1) is 0 Å². The molecule has 1 aromatic rings. The summed E-state index contributed by atoms with van der Waals surface area (Å²) in [5, 5.41) is 14.1. The monoisotopic (exact) mass is 325 g/mol. The quantitative estimate of drug-likeness (QED) is 0.875. The van der Waals surface area contributed by atoms with Crippen LogP contribution in [0.1, 0.15) is 51.1 Å². The van der Waals surface area contributed by atoms with Gasteiger partial charge in [-0.1, -0.05) is 47.8 Å². The molecule has 1 saturated carbocycles. The average molecular weight is 326 g/mol.